The van der Waals surface area contributed by atoms with Crippen molar-refractivity contribution in [2.24, 2.45) is 5.92 Å². The Kier molecular flexibility index (Phi) is 6.80. The number of carboxylic acids is 1. The molecule has 0 saturated heterocycles. The molecule has 2 atom stereocenters. The zero-order valence-corrected chi connectivity index (χ0v) is 9.87. The number of halogens is 1. The summed E-state index contributed by atoms with van der Waals surface area (Å²) in [6.45, 7) is 4.09. The van der Waals surface area contributed by atoms with Crippen LogP contribution in [0.25, 0.3) is 0 Å². The van der Waals surface area contributed by atoms with Crippen LogP contribution in [0.4, 0.5) is 0 Å². The smallest absolute Gasteiger partial charge is 0.306 e. The summed E-state index contributed by atoms with van der Waals surface area (Å²) in [6.07, 6.45) is 3.75. The van der Waals surface area contributed by atoms with Crippen LogP contribution in [0.15, 0.2) is 0 Å². The van der Waals surface area contributed by atoms with Crippen LogP contribution >= 0.6 is 22.6 Å². The van der Waals surface area contributed by atoms with Gasteiger partial charge in [0.15, 0.2) is 0 Å². The molecule has 0 aliphatic carbocycles. The van der Waals surface area contributed by atoms with Gasteiger partial charge in [0.2, 0.25) is 0 Å². The third-order valence-corrected chi connectivity index (χ3v) is 2.62. The first kappa shape index (κ1) is 12.2. The third kappa shape index (κ3) is 5.80. The van der Waals surface area contributed by atoms with Gasteiger partial charge in [-0.1, -0.05) is 42.9 Å². The summed E-state index contributed by atoms with van der Waals surface area (Å²) in [7, 11) is 0. The SMILES string of the molecule is CCC(CCCC(C)I)C(=O)O. The van der Waals surface area contributed by atoms with E-state index in [1.807, 2.05) is 6.92 Å². The first-order chi connectivity index (χ1) is 5.57. The van der Waals surface area contributed by atoms with Crippen LogP contribution < -0.4 is 0 Å². The van der Waals surface area contributed by atoms with E-state index in [1.165, 1.54) is 0 Å². The number of alkyl halides is 1. The summed E-state index contributed by atoms with van der Waals surface area (Å²) in [5, 5.41) is 8.74. The Balaban J connectivity index is 3.52. The number of aliphatic carboxylic acids is 1. The van der Waals surface area contributed by atoms with E-state index >= 15 is 0 Å². The average molecular weight is 284 g/mol. The van der Waals surface area contributed by atoms with Gasteiger partial charge in [0.1, 0.15) is 0 Å². The molecule has 0 aromatic rings. The normalized spacial score (nSPS) is 15.6. The summed E-state index contributed by atoms with van der Waals surface area (Å²) in [5.74, 6) is -0.765. The monoisotopic (exact) mass is 284 g/mol. The lowest BCUT2D eigenvalue weighted by molar-refractivity contribution is -0.142. The molecule has 72 valence electrons. The average Bonchev–Trinajstić information content (AvgIpc) is 1.96. The molecular formula is C9H17IO2. The fraction of sp³-hybridized carbons (Fsp3) is 0.889. The van der Waals surface area contributed by atoms with Crippen molar-refractivity contribution < 1.29 is 9.90 Å². The van der Waals surface area contributed by atoms with Crippen molar-refractivity contribution in [2.45, 2.75) is 43.5 Å². The molecule has 0 bridgehead atoms. The van der Waals surface area contributed by atoms with E-state index in [9.17, 15) is 4.79 Å². The molecule has 2 unspecified atom stereocenters. The molecule has 0 rings (SSSR count). The number of rotatable bonds is 6. The Bertz CT molecular complexity index is 134. The van der Waals surface area contributed by atoms with Gasteiger partial charge < -0.3 is 5.11 Å². The molecule has 0 aromatic carbocycles. The Labute approximate surface area is 87.9 Å². The van der Waals surface area contributed by atoms with Crippen LogP contribution in [0.2, 0.25) is 0 Å². The van der Waals surface area contributed by atoms with Gasteiger partial charge in [-0.25, -0.2) is 0 Å². The van der Waals surface area contributed by atoms with E-state index in [0.29, 0.717) is 3.92 Å². The van der Waals surface area contributed by atoms with Gasteiger partial charge in [-0.05, 0) is 19.3 Å². The molecule has 0 fully saturated rings. The van der Waals surface area contributed by atoms with Gasteiger partial charge in [-0.2, -0.15) is 0 Å². The first-order valence-electron chi connectivity index (χ1n) is 4.44. The maximum Gasteiger partial charge on any atom is 0.306 e. The Morgan fingerprint density at radius 1 is 1.50 bits per heavy atom. The molecule has 0 spiro atoms. The maximum atomic E-state index is 10.6. The van der Waals surface area contributed by atoms with Crippen LogP contribution in [-0.4, -0.2) is 15.0 Å². The molecule has 0 aromatic heterocycles. The highest BCUT2D eigenvalue weighted by molar-refractivity contribution is 14.1. The van der Waals surface area contributed by atoms with Crippen molar-refractivity contribution >= 4 is 28.6 Å². The zero-order chi connectivity index (χ0) is 9.56. The summed E-state index contributed by atoms with van der Waals surface area (Å²) >= 11 is 2.37. The van der Waals surface area contributed by atoms with E-state index in [2.05, 4.69) is 29.5 Å². The molecule has 0 aliphatic heterocycles. The number of carbonyl (C=O) groups is 1. The Morgan fingerprint density at radius 2 is 2.08 bits per heavy atom. The van der Waals surface area contributed by atoms with Gasteiger partial charge in [0.25, 0.3) is 0 Å². The van der Waals surface area contributed by atoms with E-state index in [4.69, 9.17) is 5.11 Å². The molecule has 3 heteroatoms. The number of carboxylic acid groups (broad SMARTS) is 1. The number of hydrogen-bond acceptors (Lipinski definition) is 1. The van der Waals surface area contributed by atoms with Crippen LogP contribution in [0.3, 0.4) is 0 Å². The van der Waals surface area contributed by atoms with Crippen LogP contribution in [0, 0.1) is 5.92 Å². The minimum absolute atomic E-state index is 0.125. The lowest BCUT2D eigenvalue weighted by Gasteiger charge is -2.09. The van der Waals surface area contributed by atoms with E-state index in [1.54, 1.807) is 0 Å². The lowest BCUT2D eigenvalue weighted by Crippen LogP contribution is -2.12. The summed E-state index contributed by atoms with van der Waals surface area (Å²) in [5.41, 5.74) is 0. The second-order valence-corrected chi connectivity index (χ2v) is 5.28. The Hall–Kier alpha value is 0.200. The van der Waals surface area contributed by atoms with Crippen LogP contribution in [0.1, 0.15) is 39.5 Å². The molecule has 0 heterocycles. The molecule has 0 aliphatic rings. The van der Waals surface area contributed by atoms with Crippen molar-refractivity contribution in [3.8, 4) is 0 Å². The van der Waals surface area contributed by atoms with Gasteiger partial charge in [0, 0.05) is 3.92 Å². The van der Waals surface area contributed by atoms with Crippen molar-refractivity contribution in [1.29, 1.82) is 0 Å². The van der Waals surface area contributed by atoms with Crippen molar-refractivity contribution in [2.75, 3.05) is 0 Å². The molecule has 2 nitrogen and oxygen atoms in total. The minimum Gasteiger partial charge on any atom is -0.481 e. The quantitative estimate of drug-likeness (QED) is 0.601. The molecular weight excluding hydrogens is 267 g/mol. The fourth-order valence-electron chi connectivity index (χ4n) is 1.15. The highest BCUT2D eigenvalue weighted by Crippen LogP contribution is 2.16. The van der Waals surface area contributed by atoms with E-state index in [0.717, 1.165) is 25.7 Å². The molecule has 0 radical (unpaired) electrons. The molecule has 0 amide bonds. The predicted molar refractivity (Wildman–Crippen MR) is 58.7 cm³/mol. The van der Waals surface area contributed by atoms with Crippen molar-refractivity contribution in [1.82, 2.24) is 0 Å². The second kappa shape index (κ2) is 6.69. The van der Waals surface area contributed by atoms with Crippen LogP contribution in [-0.2, 0) is 4.79 Å². The maximum absolute atomic E-state index is 10.6. The zero-order valence-electron chi connectivity index (χ0n) is 7.72. The molecule has 12 heavy (non-hydrogen) atoms. The highest BCUT2D eigenvalue weighted by Gasteiger charge is 2.14. The minimum atomic E-state index is -0.640. The fourth-order valence-corrected chi connectivity index (χ4v) is 1.59. The van der Waals surface area contributed by atoms with Gasteiger partial charge >= 0.3 is 5.97 Å². The van der Waals surface area contributed by atoms with Crippen molar-refractivity contribution in [3.05, 3.63) is 0 Å². The largest absolute Gasteiger partial charge is 0.481 e. The highest BCUT2D eigenvalue weighted by atomic mass is 127. The molecule has 0 saturated carbocycles. The van der Waals surface area contributed by atoms with Gasteiger partial charge in [-0.15, -0.1) is 0 Å². The van der Waals surface area contributed by atoms with E-state index < -0.39 is 5.97 Å². The standard InChI is InChI=1S/C9H17IO2/c1-3-8(9(11)12)6-4-5-7(2)10/h7-8H,3-6H2,1-2H3,(H,11,12). The van der Waals surface area contributed by atoms with Gasteiger partial charge in [0.05, 0.1) is 5.92 Å². The van der Waals surface area contributed by atoms with Crippen molar-refractivity contribution in [3.63, 3.8) is 0 Å². The predicted octanol–water partition coefficient (Wildman–Crippen LogP) is 3.09. The lowest BCUT2D eigenvalue weighted by atomic mass is 9.99. The second-order valence-electron chi connectivity index (χ2n) is 3.16. The first-order valence-corrected chi connectivity index (χ1v) is 5.69. The third-order valence-electron chi connectivity index (χ3n) is 2.00. The summed E-state index contributed by atoms with van der Waals surface area (Å²) < 4.78 is 0.661. The summed E-state index contributed by atoms with van der Waals surface area (Å²) in [4.78, 5) is 10.6. The van der Waals surface area contributed by atoms with E-state index in [-0.39, 0.29) is 5.92 Å². The number of hydrogen-bond donors (Lipinski definition) is 1. The topological polar surface area (TPSA) is 37.3 Å². The Morgan fingerprint density at radius 3 is 2.42 bits per heavy atom. The summed E-state index contributed by atoms with van der Waals surface area (Å²) in [6, 6.07) is 0. The van der Waals surface area contributed by atoms with Crippen LogP contribution in [0.5, 0.6) is 0 Å². The molecule has 1 N–H and O–H groups in total. The van der Waals surface area contributed by atoms with Gasteiger partial charge in [-0.3, -0.25) is 4.79 Å².